The molecule has 0 amide bonds. The summed E-state index contributed by atoms with van der Waals surface area (Å²) >= 11 is 1.49. The van der Waals surface area contributed by atoms with E-state index in [-0.39, 0.29) is 5.43 Å². The molecular weight excluding hydrogens is 326 g/mol. The highest BCUT2D eigenvalue weighted by atomic mass is 32.1. The highest BCUT2D eigenvalue weighted by Gasteiger charge is 2.15. The van der Waals surface area contributed by atoms with Gasteiger partial charge in [-0.15, -0.1) is 11.3 Å². The molecule has 0 unspecified atom stereocenters. The molecule has 0 atom stereocenters. The summed E-state index contributed by atoms with van der Waals surface area (Å²) in [6.45, 7) is 4.36. The van der Waals surface area contributed by atoms with E-state index >= 15 is 0 Å². The second kappa shape index (κ2) is 6.97. The zero-order chi connectivity index (χ0) is 17.1. The molecule has 0 fully saturated rings. The zero-order valence-electron chi connectivity index (χ0n) is 13.5. The number of ether oxygens (including phenoxy) is 1. The lowest BCUT2D eigenvalue weighted by molar-refractivity contribution is -0.120. The summed E-state index contributed by atoms with van der Waals surface area (Å²) < 4.78 is 10.6. The van der Waals surface area contributed by atoms with Crippen molar-refractivity contribution in [2.75, 3.05) is 0 Å². The summed E-state index contributed by atoms with van der Waals surface area (Å²) in [6.07, 6.45) is 4.09. The van der Waals surface area contributed by atoms with Gasteiger partial charge >= 0.3 is 0 Å². The lowest BCUT2D eigenvalue weighted by Crippen LogP contribution is -2.06. The first kappa shape index (κ1) is 16.4. The third-order valence-corrected chi connectivity index (χ3v) is 4.60. The highest BCUT2D eigenvalue weighted by molar-refractivity contribution is 7.09. The molecule has 0 N–H and O–H groups in total. The Labute approximate surface area is 142 Å². The minimum atomic E-state index is -0.128. The third-order valence-electron chi connectivity index (χ3n) is 3.83. The average Bonchev–Trinajstić information content (AvgIpc) is 3.00. The normalized spacial score (nSPS) is 10.9. The highest BCUT2D eigenvalue weighted by Crippen LogP contribution is 2.28. The van der Waals surface area contributed by atoms with E-state index in [9.17, 15) is 9.59 Å². The van der Waals surface area contributed by atoms with E-state index in [4.69, 9.17) is 9.15 Å². The molecule has 24 heavy (non-hydrogen) atoms. The van der Waals surface area contributed by atoms with Gasteiger partial charge in [-0.05, 0) is 31.4 Å². The van der Waals surface area contributed by atoms with Crippen LogP contribution in [0.25, 0.3) is 22.2 Å². The van der Waals surface area contributed by atoms with E-state index in [0.29, 0.717) is 34.4 Å². The van der Waals surface area contributed by atoms with Gasteiger partial charge in [0.25, 0.3) is 6.47 Å². The van der Waals surface area contributed by atoms with Gasteiger partial charge in [0.2, 0.25) is 5.43 Å². The predicted octanol–water partition coefficient (Wildman–Crippen LogP) is 4.10. The molecule has 0 saturated carbocycles. The number of nitrogens with zero attached hydrogens (tertiary/aromatic N) is 1. The van der Waals surface area contributed by atoms with E-state index in [1.54, 1.807) is 12.1 Å². The van der Waals surface area contributed by atoms with Crippen LogP contribution in [0.15, 0.2) is 33.0 Å². The zero-order valence-corrected chi connectivity index (χ0v) is 14.3. The van der Waals surface area contributed by atoms with Crippen molar-refractivity contribution in [2.24, 2.45) is 0 Å². The van der Waals surface area contributed by atoms with Crippen molar-refractivity contribution < 1.29 is 13.9 Å². The van der Waals surface area contributed by atoms with E-state index in [2.05, 4.69) is 11.9 Å². The maximum atomic E-state index is 12.8. The summed E-state index contributed by atoms with van der Waals surface area (Å²) in [5.74, 6) is 0.436. The molecule has 0 aliphatic rings. The van der Waals surface area contributed by atoms with E-state index in [1.165, 1.54) is 17.6 Å². The minimum absolute atomic E-state index is 0.128. The molecule has 6 heteroatoms. The first-order chi connectivity index (χ1) is 11.6. The monoisotopic (exact) mass is 343 g/mol. The molecule has 3 rings (SSSR count). The van der Waals surface area contributed by atoms with Gasteiger partial charge < -0.3 is 9.15 Å². The van der Waals surface area contributed by atoms with Crippen molar-refractivity contribution in [2.45, 2.75) is 33.1 Å². The first-order valence-corrected chi connectivity index (χ1v) is 8.63. The van der Waals surface area contributed by atoms with Crippen molar-refractivity contribution in [3.05, 3.63) is 44.6 Å². The van der Waals surface area contributed by atoms with Crippen LogP contribution in [-0.4, -0.2) is 11.5 Å². The molecule has 0 saturated heterocycles. The van der Waals surface area contributed by atoms with Gasteiger partial charge in [-0.25, -0.2) is 4.98 Å². The van der Waals surface area contributed by atoms with E-state index < -0.39 is 0 Å². The van der Waals surface area contributed by atoms with Crippen molar-refractivity contribution in [1.82, 2.24) is 4.98 Å². The molecule has 124 valence electrons. The Balaban J connectivity index is 2.17. The summed E-state index contributed by atoms with van der Waals surface area (Å²) in [5, 5.41) is 3.21. The standard InChI is InChI=1S/C18H17NO4S/c1-3-4-5-12-6-13-17(7-16(12)23-10-20)22-8-14(18(13)21)15-9-24-11(2)19-15/h6-10H,3-5H2,1-2H3. The van der Waals surface area contributed by atoms with Crippen LogP contribution < -0.4 is 10.2 Å². The number of thiazole rings is 1. The van der Waals surface area contributed by atoms with Gasteiger partial charge in [0.05, 0.1) is 21.7 Å². The fraction of sp³-hybridized carbons (Fsp3) is 0.278. The molecule has 3 aromatic rings. The van der Waals surface area contributed by atoms with Crippen molar-refractivity contribution in [3.8, 4) is 17.0 Å². The lowest BCUT2D eigenvalue weighted by Gasteiger charge is -2.09. The summed E-state index contributed by atoms with van der Waals surface area (Å²) in [4.78, 5) is 27.9. The lowest BCUT2D eigenvalue weighted by atomic mass is 10.0. The molecule has 2 heterocycles. The number of aromatic nitrogens is 1. The van der Waals surface area contributed by atoms with Crippen LogP contribution in [0.2, 0.25) is 0 Å². The molecular formula is C18H17NO4S. The number of fused-ring (bicyclic) bond motifs is 1. The molecule has 0 radical (unpaired) electrons. The van der Waals surface area contributed by atoms with Gasteiger partial charge in [-0.2, -0.15) is 0 Å². The number of carbonyl (C=O) groups excluding carboxylic acids is 1. The van der Waals surface area contributed by atoms with Crippen molar-refractivity contribution in [3.63, 3.8) is 0 Å². The number of hydrogen-bond acceptors (Lipinski definition) is 6. The average molecular weight is 343 g/mol. The number of benzene rings is 1. The van der Waals surface area contributed by atoms with Gasteiger partial charge in [0, 0.05) is 11.4 Å². The van der Waals surface area contributed by atoms with Crippen LogP contribution in [0.3, 0.4) is 0 Å². The van der Waals surface area contributed by atoms with Crippen molar-refractivity contribution >= 4 is 28.8 Å². The number of unbranched alkanes of at least 4 members (excludes halogenated alkanes) is 1. The Bertz CT molecular complexity index is 942. The van der Waals surface area contributed by atoms with Crippen LogP contribution in [0.4, 0.5) is 0 Å². The Kier molecular flexibility index (Phi) is 4.76. The van der Waals surface area contributed by atoms with Crippen molar-refractivity contribution in [1.29, 1.82) is 0 Å². The number of aryl methyl sites for hydroxylation is 2. The molecule has 0 bridgehead atoms. The van der Waals surface area contributed by atoms with Crippen LogP contribution in [0.1, 0.15) is 30.3 Å². The van der Waals surface area contributed by atoms with Gasteiger partial charge in [0.1, 0.15) is 17.6 Å². The summed E-state index contributed by atoms with van der Waals surface area (Å²) in [6, 6.07) is 3.37. The number of carbonyl (C=O) groups is 1. The smallest absolute Gasteiger partial charge is 0.298 e. The topological polar surface area (TPSA) is 69.4 Å². The SMILES string of the molecule is CCCCc1cc2c(=O)c(-c3csc(C)n3)coc2cc1OC=O. The van der Waals surface area contributed by atoms with Gasteiger partial charge in [-0.3, -0.25) is 9.59 Å². The molecule has 5 nitrogen and oxygen atoms in total. The molecule has 2 aromatic heterocycles. The largest absolute Gasteiger partial charge is 0.463 e. The molecule has 0 spiro atoms. The Morgan fingerprint density at radius 1 is 1.38 bits per heavy atom. The van der Waals surface area contributed by atoms with Crippen LogP contribution in [0, 0.1) is 6.92 Å². The Hall–Kier alpha value is -2.47. The fourth-order valence-electron chi connectivity index (χ4n) is 2.59. The molecule has 0 aliphatic heterocycles. The quantitative estimate of drug-likeness (QED) is 0.630. The predicted molar refractivity (Wildman–Crippen MR) is 93.6 cm³/mol. The first-order valence-electron chi connectivity index (χ1n) is 7.75. The van der Waals surface area contributed by atoms with E-state index in [1.807, 2.05) is 12.3 Å². The second-order valence-corrected chi connectivity index (χ2v) is 6.57. The maximum Gasteiger partial charge on any atom is 0.298 e. The number of rotatable bonds is 6. The second-order valence-electron chi connectivity index (χ2n) is 5.50. The van der Waals surface area contributed by atoms with Crippen LogP contribution in [-0.2, 0) is 11.2 Å². The minimum Gasteiger partial charge on any atom is -0.463 e. The maximum absolute atomic E-state index is 12.8. The Morgan fingerprint density at radius 3 is 2.88 bits per heavy atom. The third kappa shape index (κ3) is 3.10. The fourth-order valence-corrected chi connectivity index (χ4v) is 3.20. The van der Waals surface area contributed by atoms with Gasteiger partial charge in [0.15, 0.2) is 0 Å². The molecule has 0 aliphatic carbocycles. The Morgan fingerprint density at radius 2 is 2.21 bits per heavy atom. The van der Waals surface area contributed by atoms with Crippen LogP contribution in [0.5, 0.6) is 5.75 Å². The van der Waals surface area contributed by atoms with Crippen LogP contribution >= 0.6 is 11.3 Å². The molecule has 1 aromatic carbocycles. The summed E-state index contributed by atoms with van der Waals surface area (Å²) in [5.41, 5.74) is 2.16. The summed E-state index contributed by atoms with van der Waals surface area (Å²) in [7, 11) is 0. The van der Waals surface area contributed by atoms with E-state index in [0.717, 1.165) is 29.8 Å². The number of hydrogen-bond donors (Lipinski definition) is 0. The van der Waals surface area contributed by atoms with Gasteiger partial charge in [-0.1, -0.05) is 13.3 Å².